The van der Waals surface area contributed by atoms with Crippen molar-refractivity contribution in [1.82, 2.24) is 9.97 Å². The number of nitriles is 1. The molecule has 0 unspecified atom stereocenters. The topological polar surface area (TPSA) is 49.6 Å². The highest BCUT2D eigenvalue weighted by Crippen LogP contribution is 2.32. The first kappa shape index (κ1) is 8.18. The van der Waals surface area contributed by atoms with Crippen molar-refractivity contribution in [3.63, 3.8) is 0 Å². The summed E-state index contributed by atoms with van der Waals surface area (Å²) in [6.45, 7) is 1.83. The van der Waals surface area contributed by atoms with Crippen molar-refractivity contribution in [2.24, 2.45) is 5.92 Å². The standard InChI is InChI=1S/C10H11N3/c1-7-12-9(4-8-2-3-8)5-10(6-11)13-7/h5,8H,2-4H2,1H3. The largest absolute Gasteiger partial charge is 0.238 e. The minimum Gasteiger partial charge on any atom is -0.238 e. The Labute approximate surface area is 77.4 Å². The van der Waals surface area contributed by atoms with Gasteiger partial charge in [-0.05, 0) is 38.2 Å². The van der Waals surface area contributed by atoms with Crippen molar-refractivity contribution in [2.45, 2.75) is 26.2 Å². The van der Waals surface area contributed by atoms with Crippen LogP contribution in [0.4, 0.5) is 0 Å². The van der Waals surface area contributed by atoms with Gasteiger partial charge in [0, 0.05) is 5.69 Å². The average Bonchev–Trinajstić information content (AvgIpc) is 2.87. The Kier molecular flexibility index (Phi) is 1.97. The van der Waals surface area contributed by atoms with E-state index in [9.17, 15) is 0 Å². The second-order valence-electron chi connectivity index (χ2n) is 3.55. The van der Waals surface area contributed by atoms with Crippen LogP contribution in [0.15, 0.2) is 6.07 Å². The number of nitrogens with zero attached hydrogens (tertiary/aromatic N) is 3. The molecule has 1 heterocycles. The van der Waals surface area contributed by atoms with Crippen LogP contribution in [0.1, 0.15) is 30.1 Å². The zero-order valence-electron chi connectivity index (χ0n) is 7.62. The second-order valence-corrected chi connectivity index (χ2v) is 3.55. The van der Waals surface area contributed by atoms with E-state index < -0.39 is 0 Å². The molecule has 13 heavy (non-hydrogen) atoms. The number of aromatic nitrogens is 2. The SMILES string of the molecule is Cc1nc(C#N)cc(CC2CC2)n1. The van der Waals surface area contributed by atoms with Gasteiger partial charge in [-0.3, -0.25) is 0 Å². The molecular formula is C10H11N3. The molecule has 3 nitrogen and oxygen atoms in total. The lowest BCUT2D eigenvalue weighted by molar-refractivity contribution is 0.788. The van der Waals surface area contributed by atoms with Crippen molar-refractivity contribution in [2.75, 3.05) is 0 Å². The Hall–Kier alpha value is -1.43. The molecule has 0 saturated heterocycles. The van der Waals surface area contributed by atoms with E-state index >= 15 is 0 Å². The molecule has 1 saturated carbocycles. The van der Waals surface area contributed by atoms with Gasteiger partial charge in [-0.25, -0.2) is 9.97 Å². The predicted molar refractivity (Wildman–Crippen MR) is 47.9 cm³/mol. The van der Waals surface area contributed by atoms with Gasteiger partial charge in [0.05, 0.1) is 0 Å². The van der Waals surface area contributed by atoms with Crippen molar-refractivity contribution in [3.05, 3.63) is 23.3 Å². The molecule has 1 aliphatic rings. The Bertz CT molecular complexity index is 361. The summed E-state index contributed by atoms with van der Waals surface area (Å²) in [7, 11) is 0. The third-order valence-electron chi connectivity index (χ3n) is 2.20. The number of hydrogen-bond acceptors (Lipinski definition) is 3. The van der Waals surface area contributed by atoms with Crippen LogP contribution >= 0.6 is 0 Å². The molecule has 0 aromatic carbocycles. The summed E-state index contributed by atoms with van der Waals surface area (Å²) in [5, 5.41) is 8.70. The van der Waals surface area contributed by atoms with Crippen LogP contribution in [0, 0.1) is 24.2 Å². The summed E-state index contributed by atoms with van der Waals surface area (Å²) < 4.78 is 0. The van der Waals surface area contributed by atoms with E-state index in [1.54, 1.807) is 6.07 Å². The molecule has 66 valence electrons. The van der Waals surface area contributed by atoms with Gasteiger partial charge < -0.3 is 0 Å². The van der Waals surface area contributed by atoms with E-state index in [1.165, 1.54) is 12.8 Å². The summed E-state index contributed by atoms with van der Waals surface area (Å²) >= 11 is 0. The molecule has 1 fully saturated rings. The fourth-order valence-corrected chi connectivity index (χ4v) is 1.41. The number of aryl methyl sites for hydroxylation is 1. The Balaban J connectivity index is 2.24. The van der Waals surface area contributed by atoms with Gasteiger partial charge in [0.25, 0.3) is 0 Å². The highest BCUT2D eigenvalue weighted by molar-refractivity contribution is 5.23. The molecule has 3 heteroatoms. The minimum atomic E-state index is 0.489. The molecule has 0 N–H and O–H groups in total. The first-order valence-electron chi connectivity index (χ1n) is 4.52. The smallest absolute Gasteiger partial charge is 0.144 e. The molecule has 0 aliphatic heterocycles. The van der Waals surface area contributed by atoms with Crippen molar-refractivity contribution in [3.8, 4) is 6.07 Å². The zero-order valence-corrected chi connectivity index (χ0v) is 7.62. The molecule has 1 aromatic heterocycles. The molecule has 1 aliphatic carbocycles. The Morgan fingerprint density at radius 3 is 2.92 bits per heavy atom. The number of hydrogen-bond donors (Lipinski definition) is 0. The van der Waals surface area contributed by atoms with Crippen LogP contribution in [-0.4, -0.2) is 9.97 Å². The number of rotatable bonds is 2. The van der Waals surface area contributed by atoms with Crippen LogP contribution in [0.2, 0.25) is 0 Å². The molecule has 0 radical (unpaired) electrons. The molecule has 0 atom stereocenters. The van der Waals surface area contributed by atoms with Crippen LogP contribution in [0.25, 0.3) is 0 Å². The molecule has 0 bridgehead atoms. The second kappa shape index (κ2) is 3.14. The third kappa shape index (κ3) is 2.03. The Morgan fingerprint density at radius 1 is 1.54 bits per heavy atom. The van der Waals surface area contributed by atoms with Crippen molar-refractivity contribution in [1.29, 1.82) is 5.26 Å². The summed E-state index contributed by atoms with van der Waals surface area (Å²) in [6.07, 6.45) is 3.63. The van der Waals surface area contributed by atoms with Crippen molar-refractivity contribution >= 4 is 0 Å². The lowest BCUT2D eigenvalue weighted by Crippen LogP contribution is -1.98. The summed E-state index contributed by atoms with van der Waals surface area (Å²) in [4.78, 5) is 8.31. The van der Waals surface area contributed by atoms with E-state index in [1.807, 2.05) is 6.92 Å². The lowest BCUT2D eigenvalue weighted by Gasteiger charge is -1.99. The van der Waals surface area contributed by atoms with E-state index in [-0.39, 0.29) is 0 Å². The third-order valence-corrected chi connectivity index (χ3v) is 2.20. The minimum absolute atomic E-state index is 0.489. The molecule has 1 aromatic rings. The van der Waals surface area contributed by atoms with Gasteiger partial charge in [0.2, 0.25) is 0 Å². The fraction of sp³-hybridized carbons (Fsp3) is 0.500. The van der Waals surface area contributed by atoms with E-state index in [4.69, 9.17) is 5.26 Å². The van der Waals surface area contributed by atoms with E-state index in [0.29, 0.717) is 11.5 Å². The summed E-state index contributed by atoms with van der Waals surface area (Å²) in [6, 6.07) is 3.85. The molecule has 0 amide bonds. The molecule has 2 rings (SSSR count). The first-order valence-corrected chi connectivity index (χ1v) is 4.52. The van der Waals surface area contributed by atoms with Crippen LogP contribution in [0.3, 0.4) is 0 Å². The van der Waals surface area contributed by atoms with Crippen LogP contribution in [0.5, 0.6) is 0 Å². The van der Waals surface area contributed by atoms with Crippen LogP contribution in [-0.2, 0) is 6.42 Å². The monoisotopic (exact) mass is 173 g/mol. The average molecular weight is 173 g/mol. The maximum Gasteiger partial charge on any atom is 0.144 e. The van der Waals surface area contributed by atoms with Gasteiger partial charge in [-0.1, -0.05) is 0 Å². The van der Waals surface area contributed by atoms with Crippen LogP contribution < -0.4 is 0 Å². The van der Waals surface area contributed by atoms with Crippen molar-refractivity contribution < 1.29 is 0 Å². The van der Waals surface area contributed by atoms with Gasteiger partial charge in [-0.2, -0.15) is 5.26 Å². The van der Waals surface area contributed by atoms with E-state index in [2.05, 4.69) is 16.0 Å². The normalized spacial score (nSPS) is 15.4. The maximum atomic E-state index is 8.70. The maximum absolute atomic E-state index is 8.70. The van der Waals surface area contributed by atoms with Gasteiger partial charge >= 0.3 is 0 Å². The zero-order chi connectivity index (χ0) is 9.26. The fourth-order valence-electron chi connectivity index (χ4n) is 1.41. The first-order chi connectivity index (χ1) is 6.28. The van der Waals surface area contributed by atoms with Gasteiger partial charge in [0.15, 0.2) is 0 Å². The highest BCUT2D eigenvalue weighted by atomic mass is 14.9. The molecule has 0 spiro atoms. The quantitative estimate of drug-likeness (QED) is 0.682. The molecular weight excluding hydrogens is 162 g/mol. The highest BCUT2D eigenvalue weighted by Gasteiger charge is 2.22. The summed E-state index contributed by atoms with van der Waals surface area (Å²) in [5.74, 6) is 1.51. The lowest BCUT2D eigenvalue weighted by atomic mass is 10.2. The Morgan fingerprint density at radius 2 is 2.31 bits per heavy atom. The summed E-state index contributed by atoms with van der Waals surface area (Å²) in [5.41, 5.74) is 1.51. The van der Waals surface area contributed by atoms with Gasteiger partial charge in [0.1, 0.15) is 17.6 Å². The van der Waals surface area contributed by atoms with E-state index in [0.717, 1.165) is 18.0 Å². The predicted octanol–water partition coefficient (Wildman–Crippen LogP) is 1.61. The van der Waals surface area contributed by atoms with Gasteiger partial charge in [-0.15, -0.1) is 0 Å².